The van der Waals surface area contributed by atoms with Gasteiger partial charge in [0.25, 0.3) is 10.4 Å². The number of unbranched alkanes of at least 4 members (excludes halogenated alkanes) is 12. The van der Waals surface area contributed by atoms with Crippen molar-refractivity contribution in [1.29, 1.82) is 0 Å². The number of rotatable bonds is 20. The van der Waals surface area contributed by atoms with Crippen molar-refractivity contribution in [2.24, 2.45) is 0 Å². The molecule has 0 saturated carbocycles. The summed E-state index contributed by atoms with van der Waals surface area (Å²) in [6.45, 7) is 2.51. The van der Waals surface area contributed by atoms with E-state index in [-0.39, 0.29) is 42.6 Å². The molecule has 7 nitrogen and oxygen atoms in total. The Labute approximate surface area is 211 Å². The first-order valence-corrected chi connectivity index (χ1v) is 12.7. The summed E-state index contributed by atoms with van der Waals surface area (Å²) in [5, 5.41) is 0. The fourth-order valence-corrected chi connectivity index (χ4v) is 3.28. The number of hydrogen-bond donors (Lipinski definition) is 0. The molecule has 0 radical (unpaired) electrons. The van der Waals surface area contributed by atoms with Gasteiger partial charge < -0.3 is 13.5 Å². The second-order valence-corrected chi connectivity index (χ2v) is 8.51. The first-order valence-electron chi connectivity index (χ1n) is 11.3. The molecule has 0 amide bonds. The smallest absolute Gasteiger partial charge is 0.716 e. The third kappa shape index (κ3) is 27.6. The minimum atomic E-state index is -5.07. The van der Waals surface area contributed by atoms with Crippen LogP contribution in [0.1, 0.15) is 110 Å². The maximum Gasteiger partial charge on any atom is 1.00 e. The summed E-state index contributed by atoms with van der Waals surface area (Å²) in [6.07, 6.45) is 20.6. The molecule has 0 aliphatic heterocycles. The third-order valence-corrected chi connectivity index (χ3v) is 5.04. The quantitative estimate of drug-likeness (QED) is 0.0671. The van der Waals surface area contributed by atoms with Crippen LogP contribution in [0, 0.1) is 0 Å². The van der Waals surface area contributed by atoms with Gasteiger partial charge in [0.1, 0.15) is 0 Å². The molecule has 0 heterocycles. The average Bonchev–Trinajstić information content (AvgIpc) is 2.67. The summed E-state index contributed by atoms with van der Waals surface area (Å²) in [6, 6.07) is 0. The number of hydrogen-bond acceptors (Lipinski definition) is 7. The molecule has 0 aromatic heterocycles. The first-order chi connectivity index (χ1) is 14.3. The third-order valence-electron chi connectivity index (χ3n) is 4.65. The second kappa shape index (κ2) is 22.8. The Hall–Kier alpha value is -0.410. The van der Waals surface area contributed by atoms with E-state index in [2.05, 4.69) is 23.3 Å². The van der Waals surface area contributed by atoms with E-state index in [0.29, 0.717) is 0 Å². The maximum atomic E-state index is 11.4. The van der Waals surface area contributed by atoms with Gasteiger partial charge in [-0.15, -0.1) is 0 Å². The van der Waals surface area contributed by atoms with Gasteiger partial charge in [-0.2, -0.15) is 0 Å². The fraction of sp³-hybridized carbons (Fsp3) is 0.818. The summed E-state index contributed by atoms with van der Waals surface area (Å²) in [5.41, 5.74) is 0. The van der Waals surface area contributed by atoms with Crippen LogP contribution in [-0.2, 0) is 28.9 Å². The van der Waals surface area contributed by atoms with Gasteiger partial charge in [0, 0.05) is 0 Å². The molecule has 0 fully saturated rings. The molecule has 0 saturated heterocycles. The summed E-state index contributed by atoms with van der Waals surface area (Å²) in [4.78, 5) is 22.4. The van der Waals surface area contributed by atoms with Gasteiger partial charge >= 0.3 is 41.5 Å². The number of carbonyl (C=O) groups is 2. The number of ether oxygens (including phenoxy) is 1. The fourth-order valence-electron chi connectivity index (χ4n) is 2.97. The molecule has 0 atom stereocenters. The van der Waals surface area contributed by atoms with Crippen LogP contribution in [0.25, 0.3) is 0 Å². The number of esters is 1. The largest absolute Gasteiger partial charge is 1.00 e. The molecule has 0 spiro atoms. The van der Waals surface area contributed by atoms with Gasteiger partial charge in [-0.25, -0.2) is 8.42 Å². The van der Waals surface area contributed by atoms with Crippen molar-refractivity contribution < 1.29 is 61.0 Å². The Kier molecular flexibility index (Phi) is 24.1. The van der Waals surface area contributed by atoms with Crippen LogP contribution in [0.15, 0.2) is 12.2 Å². The Morgan fingerprint density at radius 3 is 1.71 bits per heavy atom. The molecule has 0 N–H and O–H groups in total. The van der Waals surface area contributed by atoms with Crippen LogP contribution >= 0.6 is 0 Å². The number of carbonyl (C=O) groups excluding carboxylic acids is 2. The molecule has 0 aliphatic carbocycles. The van der Waals surface area contributed by atoms with Crippen molar-refractivity contribution in [3.05, 3.63) is 12.2 Å². The Morgan fingerprint density at radius 2 is 1.19 bits per heavy atom. The molecular weight excluding hydrogens is 431 g/mol. The topological polar surface area (TPSA) is 110 Å². The SMILES string of the molecule is CCCCCCCC/C=C\CCCCCCCCOC(=O)CCC(=O)OS(=O)(=O)[O-].[Na+]. The predicted octanol–water partition coefficient (Wildman–Crippen LogP) is 2.35. The van der Waals surface area contributed by atoms with Crippen molar-refractivity contribution >= 4 is 22.3 Å². The van der Waals surface area contributed by atoms with Gasteiger partial charge in [-0.05, 0) is 32.1 Å². The van der Waals surface area contributed by atoms with Gasteiger partial charge in [-0.3, -0.25) is 9.59 Å². The summed E-state index contributed by atoms with van der Waals surface area (Å²) < 4.78 is 39.2. The van der Waals surface area contributed by atoms with Gasteiger partial charge in [0.05, 0.1) is 19.4 Å². The summed E-state index contributed by atoms with van der Waals surface area (Å²) >= 11 is 0. The van der Waals surface area contributed by atoms with E-state index < -0.39 is 28.8 Å². The summed E-state index contributed by atoms with van der Waals surface area (Å²) in [7, 11) is -5.07. The van der Waals surface area contributed by atoms with Crippen LogP contribution in [0.2, 0.25) is 0 Å². The molecule has 0 rings (SSSR count). The Morgan fingerprint density at radius 1 is 0.742 bits per heavy atom. The molecule has 0 aromatic rings. The Bertz CT molecular complexity index is 576. The van der Waals surface area contributed by atoms with Crippen LogP contribution in [0.4, 0.5) is 0 Å². The van der Waals surface area contributed by atoms with E-state index in [1.807, 2.05) is 0 Å². The van der Waals surface area contributed by atoms with Crippen molar-refractivity contribution in [2.45, 2.75) is 110 Å². The number of allylic oxidation sites excluding steroid dienone is 2. The minimum absolute atomic E-state index is 0. The van der Waals surface area contributed by atoms with Crippen molar-refractivity contribution in [1.82, 2.24) is 0 Å². The normalized spacial score (nSPS) is 11.3. The van der Waals surface area contributed by atoms with Crippen LogP contribution < -0.4 is 29.6 Å². The molecule has 31 heavy (non-hydrogen) atoms. The standard InChI is InChI=1S/C22H40O7S.Na/c1-2-3-4-5-6-7-8-9-10-11-12-13-14-15-16-17-20-28-21(23)18-19-22(24)29-30(25,26)27;/h9-10H,2-8,11-20H2,1H3,(H,25,26,27);/q;+1/p-1/b10-9-;. The van der Waals surface area contributed by atoms with Crippen molar-refractivity contribution in [3.63, 3.8) is 0 Å². The molecule has 0 bridgehead atoms. The van der Waals surface area contributed by atoms with E-state index in [1.165, 1.54) is 57.8 Å². The van der Waals surface area contributed by atoms with E-state index in [4.69, 9.17) is 4.74 Å². The van der Waals surface area contributed by atoms with E-state index in [1.54, 1.807) is 0 Å². The van der Waals surface area contributed by atoms with Crippen molar-refractivity contribution in [3.8, 4) is 0 Å². The second-order valence-electron chi connectivity index (χ2n) is 7.52. The monoisotopic (exact) mass is 470 g/mol. The molecule has 0 aromatic carbocycles. The van der Waals surface area contributed by atoms with E-state index in [0.717, 1.165) is 32.1 Å². The zero-order chi connectivity index (χ0) is 22.5. The predicted molar refractivity (Wildman–Crippen MR) is 115 cm³/mol. The molecule has 9 heteroatoms. The Balaban J connectivity index is 0. The zero-order valence-corrected chi connectivity index (χ0v) is 22.3. The van der Waals surface area contributed by atoms with E-state index >= 15 is 0 Å². The zero-order valence-electron chi connectivity index (χ0n) is 19.4. The van der Waals surface area contributed by atoms with E-state index in [9.17, 15) is 22.6 Å². The first kappa shape index (κ1) is 32.8. The van der Waals surface area contributed by atoms with Crippen LogP contribution in [0.5, 0.6) is 0 Å². The molecular formula is C22H39NaO7S. The minimum Gasteiger partial charge on any atom is -0.716 e. The van der Waals surface area contributed by atoms with Crippen LogP contribution in [0.3, 0.4) is 0 Å². The molecule has 0 unspecified atom stereocenters. The molecule has 176 valence electrons. The summed E-state index contributed by atoms with van der Waals surface area (Å²) in [5.74, 6) is -1.86. The average molecular weight is 471 g/mol. The van der Waals surface area contributed by atoms with Gasteiger partial charge in [-0.1, -0.05) is 76.9 Å². The van der Waals surface area contributed by atoms with Gasteiger partial charge in [0.15, 0.2) is 0 Å². The van der Waals surface area contributed by atoms with Gasteiger partial charge in [0.2, 0.25) is 0 Å². The maximum absolute atomic E-state index is 11.4. The molecule has 0 aliphatic rings. The van der Waals surface area contributed by atoms with Crippen molar-refractivity contribution in [2.75, 3.05) is 6.61 Å². The van der Waals surface area contributed by atoms with Crippen LogP contribution in [-0.4, -0.2) is 31.5 Å².